The van der Waals surface area contributed by atoms with Crippen LogP contribution in [0.5, 0.6) is 0 Å². The Hall–Kier alpha value is -0.710. The number of nitrogens with one attached hydrogen (secondary N) is 1. The van der Waals surface area contributed by atoms with E-state index in [2.05, 4.69) is 9.46 Å². The van der Waals surface area contributed by atoms with Gasteiger partial charge in [0.2, 0.25) is 0 Å². The number of rotatable bonds is 0. The third-order valence-corrected chi connectivity index (χ3v) is 1.39. The van der Waals surface area contributed by atoms with Gasteiger partial charge in [0.05, 0.1) is 0 Å². The van der Waals surface area contributed by atoms with Crippen molar-refractivity contribution in [3.8, 4) is 0 Å². The summed E-state index contributed by atoms with van der Waals surface area (Å²) in [6.07, 6.45) is 2.44. The third kappa shape index (κ3) is 1.13. The summed E-state index contributed by atoms with van der Waals surface area (Å²) in [5.41, 5.74) is 0. The maximum atomic E-state index is 10.3. The van der Waals surface area contributed by atoms with Crippen molar-refractivity contribution in [3.63, 3.8) is 0 Å². The van der Waals surface area contributed by atoms with Crippen LogP contribution in [0, 0.1) is 5.94 Å². The molecule has 1 rings (SSSR count). The molecule has 45 valence electrons. The molecular weight excluding hydrogens is 130 g/mol. The van der Waals surface area contributed by atoms with E-state index < -0.39 is 10.0 Å². The zero-order valence-corrected chi connectivity index (χ0v) is 4.68. The summed E-state index contributed by atoms with van der Waals surface area (Å²) in [5, 5.41) is 0. The standard InChI is InChI=1S/C3H4NO3S/c5-8(6)3-7-2-1-4-8/h1-4H. The molecule has 0 atom stereocenters. The Bertz CT molecular complexity index is 193. The van der Waals surface area contributed by atoms with Gasteiger partial charge in [-0.25, -0.2) is 8.42 Å². The molecular formula is C3H4NO3S. The van der Waals surface area contributed by atoms with Crippen molar-refractivity contribution in [2.24, 2.45) is 0 Å². The second-order valence-corrected chi connectivity index (χ2v) is 2.72. The molecule has 0 spiro atoms. The first-order chi connectivity index (χ1) is 3.71. The lowest BCUT2D eigenvalue weighted by Gasteiger charge is -2.05. The third-order valence-electron chi connectivity index (χ3n) is 0.561. The van der Waals surface area contributed by atoms with Gasteiger partial charge in [0.25, 0.3) is 16.0 Å². The molecule has 1 heterocycles. The Kier molecular flexibility index (Phi) is 1.13. The Labute approximate surface area is 47.2 Å². The van der Waals surface area contributed by atoms with Crippen LogP contribution in [0.25, 0.3) is 0 Å². The van der Waals surface area contributed by atoms with Crippen molar-refractivity contribution in [3.05, 3.63) is 18.4 Å². The van der Waals surface area contributed by atoms with E-state index in [0.29, 0.717) is 0 Å². The Morgan fingerprint density at radius 1 is 1.50 bits per heavy atom. The summed E-state index contributed by atoms with van der Waals surface area (Å²) < 4.78 is 27.0. The van der Waals surface area contributed by atoms with Gasteiger partial charge in [-0.05, 0) is 0 Å². The monoisotopic (exact) mass is 134 g/mol. The summed E-state index contributed by atoms with van der Waals surface area (Å²) in [6, 6.07) is 0. The minimum Gasteiger partial charge on any atom is -0.473 e. The minimum atomic E-state index is -3.27. The quantitative estimate of drug-likeness (QED) is 0.487. The lowest BCUT2D eigenvalue weighted by Crippen LogP contribution is -2.21. The van der Waals surface area contributed by atoms with E-state index in [4.69, 9.17) is 0 Å². The average Bonchev–Trinajstić information content (AvgIpc) is 1.65. The van der Waals surface area contributed by atoms with Crippen molar-refractivity contribution in [2.75, 3.05) is 0 Å². The van der Waals surface area contributed by atoms with E-state index in [1.807, 2.05) is 0 Å². The minimum absolute atomic E-state index is 0.729. The Morgan fingerprint density at radius 2 is 2.25 bits per heavy atom. The van der Waals surface area contributed by atoms with E-state index >= 15 is 0 Å². The topological polar surface area (TPSA) is 55.4 Å². The van der Waals surface area contributed by atoms with E-state index in [9.17, 15) is 8.42 Å². The highest BCUT2D eigenvalue weighted by Gasteiger charge is 2.10. The smallest absolute Gasteiger partial charge is 0.275 e. The van der Waals surface area contributed by atoms with Crippen LogP contribution in [0.15, 0.2) is 12.5 Å². The van der Waals surface area contributed by atoms with Crippen LogP contribution in [0.2, 0.25) is 0 Å². The van der Waals surface area contributed by atoms with E-state index in [0.717, 1.165) is 5.94 Å². The molecule has 0 bridgehead atoms. The molecule has 0 saturated heterocycles. The molecule has 0 unspecified atom stereocenters. The highest BCUT2D eigenvalue weighted by molar-refractivity contribution is 7.91. The van der Waals surface area contributed by atoms with E-state index in [1.165, 1.54) is 12.5 Å². The predicted octanol–water partition coefficient (Wildman–Crippen LogP) is -0.474. The van der Waals surface area contributed by atoms with Crippen LogP contribution in [0.1, 0.15) is 0 Å². The Balaban J connectivity index is 2.79. The molecule has 0 saturated carbocycles. The summed E-state index contributed by atoms with van der Waals surface area (Å²) >= 11 is 0. The summed E-state index contributed by atoms with van der Waals surface area (Å²) in [6.45, 7) is 0. The molecule has 1 N–H and O–H groups in total. The zero-order chi connectivity index (χ0) is 6.04. The van der Waals surface area contributed by atoms with Crippen LogP contribution in [0.4, 0.5) is 0 Å². The molecule has 5 heteroatoms. The van der Waals surface area contributed by atoms with Gasteiger partial charge in [-0.3, -0.25) is 4.72 Å². The van der Waals surface area contributed by atoms with Crippen molar-refractivity contribution in [2.45, 2.75) is 0 Å². The summed E-state index contributed by atoms with van der Waals surface area (Å²) in [4.78, 5) is 0. The van der Waals surface area contributed by atoms with Crippen molar-refractivity contribution >= 4 is 10.0 Å². The highest BCUT2D eigenvalue weighted by atomic mass is 32.2. The number of hydrogen-bond donors (Lipinski definition) is 1. The van der Waals surface area contributed by atoms with Crippen molar-refractivity contribution in [1.82, 2.24) is 4.72 Å². The average molecular weight is 134 g/mol. The molecule has 0 aliphatic carbocycles. The van der Waals surface area contributed by atoms with Gasteiger partial charge in [-0.2, -0.15) is 0 Å². The van der Waals surface area contributed by atoms with Gasteiger partial charge in [0, 0.05) is 6.20 Å². The van der Waals surface area contributed by atoms with Crippen molar-refractivity contribution < 1.29 is 13.2 Å². The van der Waals surface area contributed by atoms with Crippen LogP contribution in [-0.2, 0) is 14.8 Å². The number of ether oxygens (including phenoxy) is 1. The lowest BCUT2D eigenvalue weighted by molar-refractivity contribution is 0.358. The summed E-state index contributed by atoms with van der Waals surface area (Å²) in [7, 11) is -3.27. The largest absolute Gasteiger partial charge is 0.473 e. The fourth-order valence-electron chi connectivity index (χ4n) is 0.295. The second kappa shape index (κ2) is 1.66. The van der Waals surface area contributed by atoms with Crippen LogP contribution in [0.3, 0.4) is 0 Å². The maximum Gasteiger partial charge on any atom is 0.275 e. The molecule has 0 aromatic carbocycles. The van der Waals surface area contributed by atoms with Gasteiger partial charge in [-0.1, -0.05) is 0 Å². The highest BCUT2D eigenvalue weighted by Crippen LogP contribution is 1.97. The second-order valence-electron chi connectivity index (χ2n) is 1.20. The van der Waals surface area contributed by atoms with Gasteiger partial charge < -0.3 is 4.74 Å². The molecule has 1 aliphatic heterocycles. The number of hydrogen-bond acceptors (Lipinski definition) is 3. The SMILES string of the molecule is O=S1(=O)[CH]OC=CN1. The van der Waals surface area contributed by atoms with Gasteiger partial charge in [0.1, 0.15) is 6.26 Å². The first-order valence-electron chi connectivity index (χ1n) is 1.87. The lowest BCUT2D eigenvalue weighted by atomic mass is 11.0. The fraction of sp³-hybridized carbons (Fsp3) is 0. The first-order valence-corrected chi connectivity index (χ1v) is 3.41. The van der Waals surface area contributed by atoms with Crippen molar-refractivity contribution in [1.29, 1.82) is 0 Å². The van der Waals surface area contributed by atoms with Crippen LogP contribution >= 0.6 is 0 Å². The fourth-order valence-corrected chi connectivity index (χ4v) is 0.806. The Morgan fingerprint density at radius 3 is 2.50 bits per heavy atom. The van der Waals surface area contributed by atoms with Gasteiger partial charge >= 0.3 is 0 Å². The predicted molar refractivity (Wildman–Crippen MR) is 26.6 cm³/mol. The molecule has 1 aliphatic rings. The van der Waals surface area contributed by atoms with E-state index in [1.54, 1.807) is 0 Å². The van der Waals surface area contributed by atoms with E-state index in [-0.39, 0.29) is 0 Å². The molecule has 1 radical (unpaired) electrons. The molecule has 0 fully saturated rings. The molecule has 4 nitrogen and oxygen atoms in total. The normalized spacial score (nSPS) is 23.5. The molecule has 0 aromatic rings. The maximum absolute atomic E-state index is 10.3. The van der Waals surface area contributed by atoms with Gasteiger partial charge in [0.15, 0.2) is 0 Å². The molecule has 0 aromatic heterocycles. The van der Waals surface area contributed by atoms with Gasteiger partial charge in [-0.15, -0.1) is 0 Å². The first kappa shape index (κ1) is 5.43. The number of sulfonamides is 1. The van der Waals surface area contributed by atoms with Crippen LogP contribution in [-0.4, -0.2) is 8.42 Å². The molecule has 8 heavy (non-hydrogen) atoms. The molecule has 0 amide bonds. The summed E-state index contributed by atoms with van der Waals surface area (Å²) in [5.74, 6) is 0.729. The zero-order valence-electron chi connectivity index (χ0n) is 3.87. The van der Waals surface area contributed by atoms with Crippen LogP contribution < -0.4 is 4.72 Å².